The topological polar surface area (TPSA) is 95.5 Å². The predicted molar refractivity (Wildman–Crippen MR) is 84.7 cm³/mol. The molecule has 0 aliphatic carbocycles. The van der Waals surface area contributed by atoms with E-state index in [0.29, 0.717) is 11.4 Å². The van der Waals surface area contributed by atoms with Crippen LogP contribution < -0.4 is 10.0 Å². The van der Waals surface area contributed by atoms with Crippen molar-refractivity contribution in [1.82, 2.24) is 0 Å². The van der Waals surface area contributed by atoms with Gasteiger partial charge in [-0.2, -0.15) is 0 Å². The van der Waals surface area contributed by atoms with Crippen LogP contribution in [-0.4, -0.2) is 19.4 Å². The molecule has 0 bridgehead atoms. The van der Waals surface area contributed by atoms with Crippen molar-refractivity contribution in [3.05, 3.63) is 47.5 Å². The smallest absolute Gasteiger partial charge is 0.261 e. The zero-order chi connectivity index (χ0) is 16.3. The number of benzene rings is 2. The first-order valence-electron chi connectivity index (χ1n) is 6.17. The number of aromatic hydroxyl groups is 1. The van der Waals surface area contributed by atoms with Crippen molar-refractivity contribution in [1.29, 1.82) is 0 Å². The summed E-state index contributed by atoms with van der Waals surface area (Å²) in [7, 11) is -3.82. The lowest BCUT2D eigenvalue weighted by Crippen LogP contribution is -2.13. The molecule has 8 heteroatoms. The Kier molecular flexibility index (Phi) is 4.58. The molecule has 0 heterocycles. The number of carbonyl (C=O) groups excluding carboxylic acids is 1. The lowest BCUT2D eigenvalue weighted by Gasteiger charge is -2.10. The molecule has 0 aliphatic heterocycles. The zero-order valence-electron chi connectivity index (χ0n) is 11.5. The maximum Gasteiger partial charge on any atom is 0.261 e. The molecule has 1 amide bonds. The van der Waals surface area contributed by atoms with E-state index in [1.54, 1.807) is 0 Å². The Morgan fingerprint density at radius 3 is 2.32 bits per heavy atom. The fourth-order valence-electron chi connectivity index (χ4n) is 1.70. The average Bonchev–Trinajstić information content (AvgIpc) is 2.43. The van der Waals surface area contributed by atoms with Crippen LogP contribution >= 0.6 is 11.6 Å². The van der Waals surface area contributed by atoms with E-state index in [2.05, 4.69) is 10.0 Å². The molecule has 3 N–H and O–H groups in total. The van der Waals surface area contributed by atoms with Crippen LogP contribution in [0.1, 0.15) is 6.92 Å². The largest absolute Gasteiger partial charge is 0.508 e. The fraction of sp³-hybridized carbons (Fsp3) is 0.0714. The first-order valence-corrected chi connectivity index (χ1v) is 8.03. The van der Waals surface area contributed by atoms with Crippen LogP contribution in [0.2, 0.25) is 5.02 Å². The van der Waals surface area contributed by atoms with Gasteiger partial charge in [-0.3, -0.25) is 9.52 Å². The summed E-state index contributed by atoms with van der Waals surface area (Å²) in [6.07, 6.45) is 0. The van der Waals surface area contributed by atoms with Crippen LogP contribution in [0.25, 0.3) is 0 Å². The second-order valence-electron chi connectivity index (χ2n) is 4.48. The molecule has 0 atom stereocenters. The summed E-state index contributed by atoms with van der Waals surface area (Å²) in [5.74, 6) is -0.273. The van der Waals surface area contributed by atoms with Gasteiger partial charge in [0.1, 0.15) is 5.75 Å². The molecule has 0 aromatic heterocycles. The molecule has 0 radical (unpaired) electrons. The highest BCUT2D eigenvalue weighted by atomic mass is 35.5. The normalized spacial score (nSPS) is 11.0. The van der Waals surface area contributed by atoms with Gasteiger partial charge in [-0.25, -0.2) is 8.42 Å². The maximum absolute atomic E-state index is 12.3. The van der Waals surface area contributed by atoms with E-state index in [0.717, 1.165) is 0 Å². The highest BCUT2D eigenvalue weighted by Crippen LogP contribution is 2.26. The van der Waals surface area contributed by atoms with Crippen LogP contribution in [0.4, 0.5) is 11.4 Å². The van der Waals surface area contributed by atoms with Gasteiger partial charge in [-0.05, 0) is 42.5 Å². The number of anilines is 2. The van der Waals surface area contributed by atoms with E-state index < -0.39 is 10.0 Å². The van der Waals surface area contributed by atoms with Gasteiger partial charge in [0.25, 0.3) is 10.0 Å². The summed E-state index contributed by atoms with van der Waals surface area (Å²) in [6.45, 7) is 1.33. The minimum Gasteiger partial charge on any atom is -0.508 e. The second-order valence-corrected chi connectivity index (χ2v) is 6.56. The third kappa shape index (κ3) is 3.90. The average molecular weight is 341 g/mol. The van der Waals surface area contributed by atoms with E-state index in [4.69, 9.17) is 11.6 Å². The number of hydrogen-bond acceptors (Lipinski definition) is 4. The van der Waals surface area contributed by atoms with E-state index >= 15 is 0 Å². The minimum atomic E-state index is -3.82. The van der Waals surface area contributed by atoms with Crippen LogP contribution in [0.3, 0.4) is 0 Å². The SMILES string of the molecule is CC(=O)Nc1ccc(S(=O)(=O)Nc2ccc(O)cc2)cc1Cl. The van der Waals surface area contributed by atoms with Crippen molar-refractivity contribution in [3.8, 4) is 5.75 Å². The first-order chi connectivity index (χ1) is 10.3. The van der Waals surface area contributed by atoms with Gasteiger partial charge in [0.15, 0.2) is 0 Å². The molecule has 0 unspecified atom stereocenters. The van der Waals surface area contributed by atoms with Gasteiger partial charge < -0.3 is 10.4 Å². The van der Waals surface area contributed by atoms with Crippen molar-refractivity contribution < 1.29 is 18.3 Å². The van der Waals surface area contributed by atoms with E-state index in [1.165, 1.54) is 49.4 Å². The lowest BCUT2D eigenvalue weighted by atomic mass is 10.3. The van der Waals surface area contributed by atoms with Gasteiger partial charge in [0.2, 0.25) is 5.91 Å². The van der Waals surface area contributed by atoms with Crippen LogP contribution in [0.5, 0.6) is 5.75 Å². The highest BCUT2D eigenvalue weighted by Gasteiger charge is 2.16. The van der Waals surface area contributed by atoms with Gasteiger partial charge in [-0.15, -0.1) is 0 Å². The number of rotatable bonds is 4. The van der Waals surface area contributed by atoms with E-state index in [9.17, 15) is 18.3 Å². The number of hydrogen-bond donors (Lipinski definition) is 3. The number of carbonyl (C=O) groups is 1. The number of amides is 1. The predicted octanol–water partition coefficient (Wildman–Crippen LogP) is 2.80. The van der Waals surface area contributed by atoms with Gasteiger partial charge in [-0.1, -0.05) is 11.6 Å². The summed E-state index contributed by atoms with van der Waals surface area (Å²) in [4.78, 5) is 11.0. The molecule has 6 nitrogen and oxygen atoms in total. The summed E-state index contributed by atoms with van der Waals surface area (Å²) in [5.41, 5.74) is 0.637. The minimum absolute atomic E-state index is 0.0330. The van der Waals surface area contributed by atoms with Gasteiger partial charge in [0, 0.05) is 12.6 Å². The third-order valence-electron chi connectivity index (χ3n) is 2.68. The Morgan fingerprint density at radius 1 is 1.14 bits per heavy atom. The molecule has 0 spiro atoms. The number of phenols is 1. The van der Waals surface area contributed by atoms with E-state index in [1.807, 2.05) is 0 Å². The lowest BCUT2D eigenvalue weighted by molar-refractivity contribution is -0.114. The maximum atomic E-state index is 12.3. The molecular weight excluding hydrogens is 328 g/mol. The summed E-state index contributed by atoms with van der Waals surface area (Å²) < 4.78 is 26.9. The van der Waals surface area contributed by atoms with Crippen molar-refractivity contribution in [3.63, 3.8) is 0 Å². The number of nitrogens with one attached hydrogen (secondary N) is 2. The summed E-state index contributed by atoms with van der Waals surface area (Å²) in [6, 6.07) is 9.58. The highest BCUT2D eigenvalue weighted by molar-refractivity contribution is 7.92. The monoisotopic (exact) mass is 340 g/mol. The van der Waals surface area contributed by atoms with Crippen LogP contribution in [0.15, 0.2) is 47.4 Å². The Bertz CT molecular complexity index is 804. The first kappa shape index (κ1) is 16.1. The number of phenolic OH excluding ortho intramolecular Hbond substituents is 1. The van der Waals surface area contributed by atoms with Crippen molar-refractivity contribution in [2.45, 2.75) is 11.8 Å². The van der Waals surface area contributed by atoms with Gasteiger partial charge in [0.05, 0.1) is 15.6 Å². The van der Waals surface area contributed by atoms with Crippen molar-refractivity contribution in [2.24, 2.45) is 0 Å². The van der Waals surface area contributed by atoms with Crippen molar-refractivity contribution in [2.75, 3.05) is 10.0 Å². The number of halogens is 1. The second kappa shape index (κ2) is 6.25. The van der Waals surface area contributed by atoms with Gasteiger partial charge >= 0.3 is 0 Å². The summed E-state index contributed by atoms with van der Waals surface area (Å²) in [5, 5.41) is 11.8. The standard InChI is InChI=1S/C14H13ClN2O4S/c1-9(18)16-14-7-6-12(8-13(14)15)22(20,21)17-10-2-4-11(19)5-3-10/h2-8,17,19H,1H3,(H,16,18). The Morgan fingerprint density at radius 2 is 1.77 bits per heavy atom. The molecule has 0 aliphatic rings. The molecule has 0 saturated carbocycles. The Labute approximate surface area is 132 Å². The van der Waals surface area contributed by atoms with E-state index in [-0.39, 0.29) is 21.6 Å². The summed E-state index contributed by atoms with van der Waals surface area (Å²) >= 11 is 5.96. The van der Waals surface area contributed by atoms with Crippen LogP contribution in [-0.2, 0) is 14.8 Å². The molecule has 2 aromatic rings. The molecule has 2 rings (SSSR count). The van der Waals surface area contributed by atoms with Crippen LogP contribution in [0, 0.1) is 0 Å². The Balaban J connectivity index is 2.27. The molecule has 22 heavy (non-hydrogen) atoms. The number of sulfonamides is 1. The molecule has 2 aromatic carbocycles. The van der Waals surface area contributed by atoms with Crippen molar-refractivity contribution >= 4 is 38.9 Å². The molecular formula is C14H13ClN2O4S. The molecule has 0 fully saturated rings. The Hall–Kier alpha value is -2.25. The molecule has 116 valence electrons. The quantitative estimate of drug-likeness (QED) is 0.746. The fourth-order valence-corrected chi connectivity index (χ4v) is 3.07. The zero-order valence-corrected chi connectivity index (χ0v) is 13.1. The third-order valence-corrected chi connectivity index (χ3v) is 4.37. The molecule has 0 saturated heterocycles.